The number of halogens is 7. The van der Waals surface area contributed by atoms with E-state index in [9.17, 15) is 30.7 Å². The highest BCUT2D eigenvalue weighted by Crippen LogP contribution is 2.42. The number of aromatic nitrogens is 4. The normalized spacial score (nSPS) is 12.1. The molecule has 9 rings (SSSR count). The molecule has 0 aliphatic carbocycles. The molecule has 9 aromatic rings. The summed E-state index contributed by atoms with van der Waals surface area (Å²) in [5.74, 6) is 0.795. The van der Waals surface area contributed by atoms with Crippen LogP contribution in [-0.2, 0) is 12.4 Å². The zero-order valence-electron chi connectivity index (χ0n) is 30.0. The maximum Gasteiger partial charge on any atom is 0.416 e. The summed E-state index contributed by atoms with van der Waals surface area (Å²) in [6, 6.07) is 44.3. The summed E-state index contributed by atoms with van der Waals surface area (Å²) in [6.45, 7) is 0. The summed E-state index contributed by atoms with van der Waals surface area (Å²) in [7, 11) is 0. The van der Waals surface area contributed by atoms with Crippen molar-refractivity contribution in [2.24, 2.45) is 0 Å². The molecule has 0 amide bonds. The van der Waals surface area contributed by atoms with Gasteiger partial charge in [0, 0.05) is 33.0 Å². The van der Waals surface area contributed by atoms with E-state index in [2.05, 4.69) is 0 Å². The molecule has 2 aromatic heterocycles. The molecule has 0 fully saturated rings. The molecule has 0 aliphatic rings. The van der Waals surface area contributed by atoms with Crippen LogP contribution >= 0.6 is 0 Å². The second-order valence-electron chi connectivity index (χ2n) is 13.7. The largest absolute Gasteiger partial charge is 0.416 e. The van der Waals surface area contributed by atoms with Crippen LogP contribution in [0, 0.1) is 5.82 Å². The fraction of sp³-hybridized carbons (Fsp3) is 0.0426. The second-order valence-corrected chi connectivity index (χ2v) is 13.7. The second kappa shape index (κ2) is 14.1. The lowest BCUT2D eigenvalue weighted by Crippen LogP contribution is -2.11. The van der Waals surface area contributed by atoms with E-state index in [4.69, 9.17) is 15.0 Å². The average Bonchev–Trinajstić information content (AvgIpc) is 3.57. The van der Waals surface area contributed by atoms with Crippen molar-refractivity contribution in [3.05, 3.63) is 181 Å². The van der Waals surface area contributed by atoms with E-state index in [-0.39, 0.29) is 17.2 Å². The highest BCUT2D eigenvalue weighted by Gasteiger charge is 2.37. The standard InChI is InChI=1S/C47H27F7N4/c48-36-19-15-28(16-20-36)37-21-18-32(45-56-43(29-9-3-1-4-10-29)55-44(57-45)30-11-5-2-6-12-30)26-41(37)58-40-14-8-7-13-38(40)39-22-17-31(25-42(39)58)33-23-34(46(49,50)51)27-35(24-33)47(52,53)54/h1-27H. The van der Waals surface area contributed by atoms with Crippen LogP contribution in [0.25, 0.3) is 83.9 Å². The molecule has 0 aliphatic heterocycles. The zero-order valence-corrected chi connectivity index (χ0v) is 30.0. The summed E-state index contributed by atoms with van der Waals surface area (Å²) in [4.78, 5) is 14.6. The lowest BCUT2D eigenvalue weighted by Gasteiger charge is -2.17. The van der Waals surface area contributed by atoms with Gasteiger partial charge in [0.1, 0.15) is 5.82 Å². The Bertz CT molecular complexity index is 2880. The van der Waals surface area contributed by atoms with Gasteiger partial charge in [-0.2, -0.15) is 26.3 Å². The van der Waals surface area contributed by atoms with Crippen molar-refractivity contribution >= 4 is 21.8 Å². The molecule has 58 heavy (non-hydrogen) atoms. The highest BCUT2D eigenvalue weighted by molar-refractivity contribution is 6.11. The highest BCUT2D eigenvalue weighted by atomic mass is 19.4. The maximum absolute atomic E-state index is 14.3. The van der Waals surface area contributed by atoms with Crippen LogP contribution in [0.5, 0.6) is 0 Å². The van der Waals surface area contributed by atoms with Crippen molar-refractivity contribution in [3.8, 4) is 62.1 Å². The van der Waals surface area contributed by atoms with Crippen molar-refractivity contribution in [2.45, 2.75) is 12.4 Å². The number of para-hydroxylation sites is 1. The summed E-state index contributed by atoms with van der Waals surface area (Å²) in [6.07, 6.45) is -10.0. The fourth-order valence-electron chi connectivity index (χ4n) is 7.20. The van der Waals surface area contributed by atoms with Crippen LogP contribution in [0.2, 0.25) is 0 Å². The quantitative estimate of drug-likeness (QED) is 0.158. The molecule has 2 heterocycles. The molecule has 284 valence electrons. The number of hydrogen-bond donors (Lipinski definition) is 0. The van der Waals surface area contributed by atoms with Gasteiger partial charge in [-0.05, 0) is 65.2 Å². The lowest BCUT2D eigenvalue weighted by atomic mass is 9.98. The first kappa shape index (κ1) is 36.5. The first-order valence-electron chi connectivity index (χ1n) is 18.0. The monoisotopic (exact) mass is 780 g/mol. The third-order valence-corrected chi connectivity index (χ3v) is 9.95. The average molecular weight is 781 g/mol. The van der Waals surface area contributed by atoms with Gasteiger partial charge in [0.2, 0.25) is 0 Å². The van der Waals surface area contributed by atoms with Gasteiger partial charge >= 0.3 is 12.4 Å². The summed E-state index contributed by atoms with van der Waals surface area (Å²) in [5, 5.41) is 1.49. The molecule has 0 radical (unpaired) electrons. The van der Waals surface area contributed by atoms with Gasteiger partial charge in [-0.3, -0.25) is 0 Å². The Hall–Kier alpha value is -7.14. The van der Waals surface area contributed by atoms with Crippen molar-refractivity contribution in [1.82, 2.24) is 19.5 Å². The summed E-state index contributed by atoms with van der Waals surface area (Å²) < 4.78 is 100. The van der Waals surface area contributed by atoms with Crippen LogP contribution in [0.1, 0.15) is 11.1 Å². The van der Waals surface area contributed by atoms with E-state index < -0.39 is 29.3 Å². The number of rotatable bonds is 6. The van der Waals surface area contributed by atoms with Gasteiger partial charge in [-0.15, -0.1) is 0 Å². The Morgan fingerprint density at radius 1 is 0.379 bits per heavy atom. The Labute approximate surface area is 326 Å². The predicted octanol–water partition coefficient (Wildman–Crippen LogP) is 13.5. The number of hydrogen-bond acceptors (Lipinski definition) is 3. The Kier molecular flexibility index (Phi) is 8.88. The molecule has 0 unspecified atom stereocenters. The minimum Gasteiger partial charge on any atom is -0.309 e. The molecule has 0 N–H and O–H groups in total. The first-order chi connectivity index (χ1) is 27.9. The molecule has 0 atom stereocenters. The summed E-state index contributed by atoms with van der Waals surface area (Å²) in [5.41, 5.74) is 2.32. The van der Waals surface area contributed by atoms with Crippen LogP contribution < -0.4 is 0 Å². The number of benzene rings is 7. The molecule has 0 bridgehead atoms. The van der Waals surface area contributed by atoms with E-state index in [1.807, 2.05) is 108 Å². The Morgan fingerprint density at radius 3 is 1.47 bits per heavy atom. The lowest BCUT2D eigenvalue weighted by molar-refractivity contribution is -0.143. The molecule has 11 heteroatoms. The third kappa shape index (κ3) is 6.85. The zero-order chi connectivity index (χ0) is 40.2. The minimum absolute atomic E-state index is 0.118. The van der Waals surface area contributed by atoms with Crippen LogP contribution in [-0.4, -0.2) is 19.5 Å². The SMILES string of the molecule is Fc1ccc(-c2ccc(-c3nc(-c4ccccc4)nc(-c4ccccc4)n3)cc2-n2c3ccccc3c3ccc(-c4cc(C(F)(F)F)cc(C(F)(F)F)c4)cc32)cc1. The fourth-order valence-corrected chi connectivity index (χ4v) is 7.20. The number of fused-ring (bicyclic) bond motifs is 3. The molecule has 0 saturated heterocycles. The molecule has 0 spiro atoms. The molecule has 4 nitrogen and oxygen atoms in total. The van der Waals surface area contributed by atoms with Crippen LogP contribution in [0.4, 0.5) is 30.7 Å². The molecule has 7 aromatic carbocycles. The van der Waals surface area contributed by atoms with E-state index in [1.165, 1.54) is 18.2 Å². The van der Waals surface area contributed by atoms with Gasteiger partial charge < -0.3 is 4.57 Å². The van der Waals surface area contributed by atoms with E-state index in [1.54, 1.807) is 24.3 Å². The topological polar surface area (TPSA) is 43.6 Å². The van der Waals surface area contributed by atoms with Gasteiger partial charge in [-0.1, -0.05) is 115 Å². The van der Waals surface area contributed by atoms with Gasteiger partial charge in [0.05, 0.1) is 27.8 Å². The van der Waals surface area contributed by atoms with E-state index in [0.717, 1.165) is 28.6 Å². The smallest absolute Gasteiger partial charge is 0.309 e. The Balaban J connectivity index is 1.32. The first-order valence-corrected chi connectivity index (χ1v) is 18.0. The van der Waals surface area contributed by atoms with Crippen molar-refractivity contribution < 1.29 is 30.7 Å². The number of nitrogens with zero attached hydrogens (tertiary/aromatic N) is 4. The van der Waals surface area contributed by atoms with Gasteiger partial charge in [0.15, 0.2) is 17.5 Å². The maximum atomic E-state index is 14.3. The third-order valence-electron chi connectivity index (χ3n) is 9.95. The van der Waals surface area contributed by atoms with Crippen molar-refractivity contribution in [1.29, 1.82) is 0 Å². The molecular weight excluding hydrogens is 754 g/mol. The van der Waals surface area contributed by atoms with Gasteiger partial charge in [-0.25, -0.2) is 19.3 Å². The van der Waals surface area contributed by atoms with Crippen LogP contribution in [0.15, 0.2) is 164 Å². The van der Waals surface area contributed by atoms with E-state index >= 15 is 0 Å². The predicted molar refractivity (Wildman–Crippen MR) is 211 cm³/mol. The van der Waals surface area contributed by atoms with Gasteiger partial charge in [0.25, 0.3) is 0 Å². The molecular formula is C47H27F7N4. The van der Waals surface area contributed by atoms with Crippen LogP contribution in [0.3, 0.4) is 0 Å². The van der Waals surface area contributed by atoms with Crippen molar-refractivity contribution in [3.63, 3.8) is 0 Å². The molecule has 0 saturated carbocycles. The van der Waals surface area contributed by atoms with Crippen molar-refractivity contribution in [2.75, 3.05) is 0 Å². The van der Waals surface area contributed by atoms with E-state index in [0.29, 0.717) is 56.3 Å². The minimum atomic E-state index is -5.02. The number of alkyl halides is 6. The Morgan fingerprint density at radius 2 is 0.879 bits per heavy atom. The summed E-state index contributed by atoms with van der Waals surface area (Å²) >= 11 is 0.